The van der Waals surface area contributed by atoms with Gasteiger partial charge in [-0.1, -0.05) is 0 Å². The molecule has 2 aliphatic rings. The van der Waals surface area contributed by atoms with Gasteiger partial charge in [-0.15, -0.1) is 0 Å². The molecule has 2 saturated heterocycles. The zero-order valence-electron chi connectivity index (χ0n) is 40.9. The molecule has 0 bridgehead atoms. The number of hydrogen-bond acceptors (Lipinski definition) is 18. The van der Waals surface area contributed by atoms with Crippen LogP contribution in [0.15, 0.2) is 0 Å². The zero-order valence-corrected chi connectivity index (χ0v) is 42.6. The quantitative estimate of drug-likeness (QED) is 0.0300. The number of imide groups is 2. The number of nitrogens with zero attached hydrogens (tertiary/aromatic N) is 2. The van der Waals surface area contributed by atoms with Crippen molar-refractivity contribution in [2.45, 2.75) is 101 Å². The summed E-state index contributed by atoms with van der Waals surface area (Å²) in [7, 11) is 6.58. The first-order valence-electron chi connectivity index (χ1n) is 22.2. The summed E-state index contributed by atoms with van der Waals surface area (Å²) in [6.45, 7) is 6.64. The molecular weight excluding hydrogens is 957 g/mol. The van der Waals surface area contributed by atoms with Gasteiger partial charge in [0.2, 0.25) is 47.3 Å². The van der Waals surface area contributed by atoms with Crippen molar-refractivity contribution in [1.29, 1.82) is 10.3 Å². The number of rotatable bonds is 28. The van der Waals surface area contributed by atoms with E-state index in [4.69, 9.17) is 12.3 Å². The summed E-state index contributed by atoms with van der Waals surface area (Å²) in [6.07, 6.45) is 4.70. The molecule has 2 rings (SSSR count). The van der Waals surface area contributed by atoms with Crippen LogP contribution in [0.4, 0.5) is 9.59 Å². The smallest absolute Gasteiger partial charge is 0.407 e. The van der Waals surface area contributed by atoms with Crippen molar-refractivity contribution >= 4 is 107 Å². The van der Waals surface area contributed by atoms with Gasteiger partial charge in [0.05, 0.1) is 29.8 Å². The molecule has 0 radical (unpaired) electrons. The van der Waals surface area contributed by atoms with Gasteiger partial charge in [-0.2, -0.15) is 23.5 Å². The number of unbranched alkanes of at least 4 members (excludes halogenated alkanes) is 1. The highest BCUT2D eigenvalue weighted by Crippen LogP contribution is 2.24. The predicted molar refractivity (Wildman–Crippen MR) is 256 cm³/mol. The Labute approximate surface area is 407 Å². The molecule has 67 heavy (non-hydrogen) atoms. The minimum atomic E-state index is -0.586. The normalized spacial score (nSPS) is 16.0. The van der Waals surface area contributed by atoms with E-state index in [9.17, 15) is 52.7 Å². The monoisotopic (exact) mass is 1030 g/mol. The van der Waals surface area contributed by atoms with Crippen LogP contribution in [0.2, 0.25) is 2.82 Å². The minimum Gasteiger partial charge on any atom is -0.450 e. The van der Waals surface area contributed by atoms with Crippen LogP contribution in [0, 0.1) is 10.3 Å². The Morgan fingerprint density at radius 2 is 1.09 bits per heavy atom. The lowest BCUT2D eigenvalue weighted by molar-refractivity contribution is -0.140. The van der Waals surface area contributed by atoms with E-state index in [1.165, 1.54) is 30.4 Å². The Hall–Kier alpha value is -4.77. The van der Waals surface area contributed by atoms with E-state index in [-0.39, 0.29) is 137 Å². The Morgan fingerprint density at radius 3 is 1.45 bits per heavy atom. The third-order valence-corrected chi connectivity index (χ3v) is 11.3. The molecule has 0 saturated carbocycles. The van der Waals surface area contributed by atoms with E-state index in [1.54, 1.807) is 33.4 Å². The number of carbonyl (C=O) groups excluding carboxylic acids is 11. The summed E-state index contributed by atoms with van der Waals surface area (Å²) in [6, 6.07) is -0.984. The molecule has 2 aliphatic heterocycles. The van der Waals surface area contributed by atoms with Gasteiger partial charge in [-0.05, 0) is 77.7 Å². The van der Waals surface area contributed by atoms with Crippen LogP contribution in [0.3, 0.4) is 0 Å². The maximum absolute atomic E-state index is 12.3. The van der Waals surface area contributed by atoms with Gasteiger partial charge in [-0.25, -0.2) is 9.59 Å². The van der Waals surface area contributed by atoms with Crippen LogP contribution >= 0.6 is 41.6 Å². The van der Waals surface area contributed by atoms with Crippen molar-refractivity contribution < 1.29 is 65.0 Å². The van der Waals surface area contributed by atoms with Crippen LogP contribution in [-0.4, -0.2) is 176 Å². The molecular formula is C39H69N11O13P2S2. The molecule has 0 aromatic carbocycles. The molecule has 380 valence electrons. The lowest BCUT2D eigenvalue weighted by Gasteiger charge is -2.16. The fraction of sp³-hybridized carbons (Fsp3) is 0.718. The highest BCUT2D eigenvalue weighted by atomic mass is 32.2. The number of hydrogen-bond donors (Lipinski definition) is 9. The summed E-state index contributed by atoms with van der Waals surface area (Å²) in [5, 5.41) is 22.9. The first kappa shape index (κ1) is 60.2. The van der Waals surface area contributed by atoms with Crippen LogP contribution in [0.5, 0.6) is 0 Å². The first-order chi connectivity index (χ1) is 32.8. The van der Waals surface area contributed by atoms with E-state index in [2.05, 4.69) is 65.6 Å². The molecule has 3 atom stereocenters. The van der Waals surface area contributed by atoms with Gasteiger partial charge in [0.25, 0.3) is 0 Å². The molecule has 0 aromatic heterocycles. The maximum atomic E-state index is 12.3. The molecule has 28 heteroatoms. The summed E-state index contributed by atoms with van der Waals surface area (Å²) in [5.74, 6) is -2.54. The Bertz CT molecular complexity index is 1630. The van der Waals surface area contributed by atoms with E-state index < -0.39 is 34.8 Å². The second kappa shape index (κ2) is 39.2. The van der Waals surface area contributed by atoms with Gasteiger partial charge in [0.1, 0.15) is 0 Å². The Balaban J connectivity index is 0. The molecule has 3 unspecified atom stereocenters. The van der Waals surface area contributed by atoms with Gasteiger partial charge in [0.15, 0.2) is 8.61 Å². The summed E-state index contributed by atoms with van der Waals surface area (Å²) in [4.78, 5) is 132. The topological polar surface area (TPSA) is 345 Å². The van der Waals surface area contributed by atoms with E-state index in [1.807, 2.05) is 0 Å². The Morgan fingerprint density at radius 1 is 0.687 bits per heavy atom. The largest absolute Gasteiger partial charge is 0.450 e. The fourth-order valence-electron chi connectivity index (χ4n) is 5.96. The fourth-order valence-corrected chi connectivity index (χ4v) is 7.24. The van der Waals surface area contributed by atoms with Crippen molar-refractivity contribution in [3.05, 3.63) is 0 Å². The van der Waals surface area contributed by atoms with E-state index in [0.29, 0.717) is 32.4 Å². The number of ether oxygens (including phenoxy) is 2. The molecule has 10 amide bonds. The summed E-state index contributed by atoms with van der Waals surface area (Å²) in [5.41, 5.74) is 0. The second-order valence-corrected chi connectivity index (χ2v) is 16.2. The maximum Gasteiger partial charge on any atom is 0.407 e. The predicted octanol–water partition coefficient (Wildman–Crippen LogP) is 0.970. The minimum absolute atomic E-state index is 0.0209. The molecule has 0 aliphatic carbocycles. The number of alkyl carbamates (subject to hydrolysis) is 2. The molecule has 24 nitrogen and oxygen atoms in total. The molecule has 0 spiro atoms. The van der Waals surface area contributed by atoms with Crippen molar-refractivity contribution in [3.8, 4) is 0 Å². The SMILES string of the molecule is CCOC(=O)NCCCCC(NC(=O)OCC)C(C)=O.CNC(CC(=O)NCCNC(=O)CCN1C(=O)CC(SC)C1=O)CC(=O)NCCNC(=O)CCN1C(=O)CC(SC)C1=O.[2H]N=P.[2H]N=P. The molecule has 2 heterocycles. The molecule has 0 aromatic rings. The number of carbonyl (C=O) groups is 11. The average molecular weight is 1030 g/mol. The van der Waals surface area contributed by atoms with Gasteiger partial charge < -0.3 is 46.7 Å². The van der Waals surface area contributed by atoms with Crippen molar-refractivity contribution in [2.75, 3.05) is 78.6 Å². The number of thioether (sulfide) groups is 2. The third kappa shape index (κ3) is 28.2. The number of ketones is 1. The van der Waals surface area contributed by atoms with Gasteiger partial charge >= 0.3 is 12.2 Å². The summed E-state index contributed by atoms with van der Waals surface area (Å²) >= 11 is 2.62. The lowest BCUT2D eigenvalue weighted by atomic mass is 10.1. The van der Waals surface area contributed by atoms with Crippen LogP contribution < -0.4 is 37.2 Å². The van der Waals surface area contributed by atoms with Crippen molar-refractivity contribution in [1.82, 2.24) is 47.0 Å². The first-order valence-corrected chi connectivity index (χ1v) is 24.8. The second-order valence-electron chi connectivity index (χ2n) is 14.1. The van der Waals surface area contributed by atoms with Crippen molar-refractivity contribution in [3.63, 3.8) is 0 Å². The number of amides is 10. The summed E-state index contributed by atoms with van der Waals surface area (Å²) < 4.78 is 20.9. The number of nitrogens with one attached hydrogen (secondary N) is 9. The lowest BCUT2D eigenvalue weighted by Crippen LogP contribution is -2.42. The molecule has 9 N–H and O–H groups in total. The van der Waals surface area contributed by atoms with E-state index >= 15 is 0 Å². The van der Waals surface area contributed by atoms with Crippen LogP contribution in [-0.2, 0) is 52.6 Å². The number of Topliss-reactive ketones (excluding diaryl/α,β-unsaturated/α-hetero) is 1. The highest BCUT2D eigenvalue weighted by Gasteiger charge is 2.38. The van der Waals surface area contributed by atoms with Crippen LogP contribution in [0.25, 0.3) is 0 Å². The van der Waals surface area contributed by atoms with Gasteiger partial charge in [-0.3, -0.25) is 63.3 Å². The average Bonchev–Trinajstić information content (AvgIpc) is 3.74. The highest BCUT2D eigenvalue weighted by molar-refractivity contribution is 8.00. The van der Waals surface area contributed by atoms with Gasteiger partial charge in [0, 0.05) is 90.4 Å². The van der Waals surface area contributed by atoms with Crippen molar-refractivity contribution in [2.24, 2.45) is 0 Å². The number of likely N-dealkylation sites (tertiary alicyclic amines) is 2. The van der Waals surface area contributed by atoms with E-state index in [0.717, 1.165) is 9.80 Å². The Kier molecular flexibility index (Phi) is 35.3. The van der Waals surface area contributed by atoms with Crippen LogP contribution in [0.1, 0.15) is 78.6 Å². The zero-order chi connectivity index (χ0) is 52.7. The molecule has 2 fully saturated rings. The standard InChI is InChI=1S/C26H41N7O8S2.C13H24N2O5.2H2NP/c1-27-16(12-21(36)30-8-6-28-19(34)4-10-32-23(38)14-17(42-2)25(32)40)13-22(37)31-9-7-29-20(35)5-11-33-24(39)15-18(43-3)26(33)41;1-4-19-12(17)14-9-7-6-8-11(10(3)16)15-13(18)20-5-2;2*1-2/h16-18,27H,4-15H2,1-3H3,(H,28,34)(H,29,35)(H,30,36)(H,31,37);11H,4-9H2,1-3H3,(H,14,17)(H,15,18);2*1-2H/i/hD2. The third-order valence-electron chi connectivity index (χ3n) is 9.43.